The third kappa shape index (κ3) is 11.5. The van der Waals surface area contributed by atoms with E-state index >= 15 is 0 Å². The molecule has 0 aliphatic rings. The van der Waals surface area contributed by atoms with Crippen molar-refractivity contribution in [1.82, 2.24) is 10.9 Å². The fraction of sp³-hybridized carbons (Fsp3) is 0.167. The molecule has 2 amide bonds. The van der Waals surface area contributed by atoms with Gasteiger partial charge in [0.15, 0.2) is 23.0 Å². The summed E-state index contributed by atoms with van der Waals surface area (Å²) >= 11 is 11.7. The van der Waals surface area contributed by atoms with Gasteiger partial charge >= 0.3 is 11.9 Å². The summed E-state index contributed by atoms with van der Waals surface area (Å²) in [5.41, 5.74) is 6.74. The van der Waals surface area contributed by atoms with Crippen LogP contribution in [-0.2, 0) is 9.59 Å². The fourth-order valence-electron chi connectivity index (χ4n) is 4.23. The van der Waals surface area contributed by atoms with E-state index in [4.69, 9.17) is 42.1 Å². The van der Waals surface area contributed by atoms with Crippen LogP contribution in [0.15, 0.2) is 95.1 Å². The van der Waals surface area contributed by atoms with E-state index in [2.05, 4.69) is 21.1 Å². The molecule has 258 valence electrons. The molecule has 0 saturated heterocycles. The highest BCUT2D eigenvalue weighted by atomic mass is 35.5. The molecule has 0 radical (unpaired) electrons. The molecule has 0 spiro atoms. The van der Waals surface area contributed by atoms with Crippen LogP contribution in [0.5, 0.6) is 23.0 Å². The van der Waals surface area contributed by atoms with E-state index in [0.29, 0.717) is 56.6 Å². The lowest BCUT2D eigenvalue weighted by Crippen LogP contribution is -2.19. The third-order valence-electron chi connectivity index (χ3n) is 6.80. The summed E-state index contributed by atoms with van der Waals surface area (Å²) in [6, 6.07) is 22.2. The number of benzene rings is 4. The van der Waals surface area contributed by atoms with Crippen LogP contribution in [0.2, 0.25) is 10.0 Å². The van der Waals surface area contributed by atoms with Gasteiger partial charge in [-0.2, -0.15) is 10.2 Å². The molecule has 50 heavy (non-hydrogen) atoms. The van der Waals surface area contributed by atoms with Gasteiger partial charge < -0.3 is 18.9 Å². The van der Waals surface area contributed by atoms with Crippen LogP contribution in [0.25, 0.3) is 0 Å². The smallest absolute Gasteiger partial charge is 0.343 e. The lowest BCUT2D eigenvalue weighted by molar-refractivity contribution is -0.123. The first-order chi connectivity index (χ1) is 24.1. The molecule has 14 heteroatoms. The van der Waals surface area contributed by atoms with E-state index in [1.165, 1.54) is 26.6 Å². The summed E-state index contributed by atoms with van der Waals surface area (Å²) in [6.45, 7) is 0. The number of ether oxygens (including phenoxy) is 4. The maximum absolute atomic E-state index is 12.4. The molecule has 2 N–H and O–H groups in total. The van der Waals surface area contributed by atoms with Crippen LogP contribution in [0.3, 0.4) is 0 Å². The van der Waals surface area contributed by atoms with Gasteiger partial charge in [0, 0.05) is 22.9 Å². The van der Waals surface area contributed by atoms with E-state index in [1.807, 2.05) is 0 Å². The minimum absolute atomic E-state index is 0.158. The maximum atomic E-state index is 12.4. The summed E-state index contributed by atoms with van der Waals surface area (Å²) < 4.78 is 21.5. The van der Waals surface area contributed by atoms with Gasteiger partial charge in [0.05, 0.1) is 37.8 Å². The Morgan fingerprint density at radius 2 is 0.960 bits per heavy atom. The monoisotopic (exact) mass is 718 g/mol. The second-order valence-corrected chi connectivity index (χ2v) is 11.3. The zero-order valence-electron chi connectivity index (χ0n) is 27.0. The number of hydrogen-bond donors (Lipinski definition) is 2. The highest BCUT2D eigenvalue weighted by molar-refractivity contribution is 6.31. The molecule has 0 bridgehead atoms. The molecule has 4 rings (SSSR count). The Bertz CT molecular complexity index is 1740. The van der Waals surface area contributed by atoms with Gasteiger partial charge in [0.1, 0.15) is 0 Å². The molecule has 0 aliphatic heterocycles. The van der Waals surface area contributed by atoms with Crippen molar-refractivity contribution in [3.63, 3.8) is 0 Å². The standard InChI is InChI=1S/C36H32Cl2N4O8/c1-47-31-19-23(7-17-29(31)49-35(45)25-9-13-27(37)14-10-25)21-39-41-33(43)5-3-4-6-34(44)42-40-22-24-8-18-30(32(20-24)48-2)50-36(46)26-11-15-28(38)16-12-26/h7-22H,3-6H2,1-2H3,(H,41,43)(H,42,44)/b39-21-,40-22-. The zero-order valence-corrected chi connectivity index (χ0v) is 28.5. The predicted octanol–water partition coefficient (Wildman–Crippen LogP) is 6.61. The van der Waals surface area contributed by atoms with Crippen molar-refractivity contribution in [3.8, 4) is 23.0 Å². The van der Waals surface area contributed by atoms with Gasteiger partial charge in [-0.05, 0) is 109 Å². The van der Waals surface area contributed by atoms with Crippen molar-refractivity contribution in [1.29, 1.82) is 0 Å². The van der Waals surface area contributed by atoms with E-state index in [0.717, 1.165) is 0 Å². The van der Waals surface area contributed by atoms with Crippen molar-refractivity contribution in [2.45, 2.75) is 25.7 Å². The predicted molar refractivity (Wildman–Crippen MR) is 189 cm³/mol. The highest BCUT2D eigenvalue weighted by Gasteiger charge is 2.14. The Labute approximate surface area is 298 Å². The molecule has 4 aromatic rings. The largest absolute Gasteiger partial charge is 0.493 e. The number of unbranched alkanes of at least 4 members (excludes halogenated alkanes) is 1. The Morgan fingerprint density at radius 3 is 1.32 bits per heavy atom. The minimum atomic E-state index is -0.570. The number of carbonyl (C=O) groups excluding carboxylic acids is 4. The number of rotatable bonds is 15. The molecule has 0 aromatic heterocycles. The van der Waals surface area contributed by atoms with Crippen LogP contribution >= 0.6 is 23.2 Å². The summed E-state index contributed by atoms with van der Waals surface area (Å²) in [4.78, 5) is 49.2. The number of nitrogens with zero attached hydrogens (tertiary/aromatic N) is 2. The lowest BCUT2D eigenvalue weighted by Gasteiger charge is -2.10. The third-order valence-corrected chi connectivity index (χ3v) is 7.31. The Morgan fingerprint density at radius 1 is 0.580 bits per heavy atom. The number of hydrogen-bond acceptors (Lipinski definition) is 10. The molecular formula is C36H32Cl2N4O8. The number of amides is 2. The van der Waals surface area contributed by atoms with Crippen LogP contribution in [0, 0.1) is 0 Å². The van der Waals surface area contributed by atoms with E-state index in [1.54, 1.807) is 84.9 Å². The summed E-state index contributed by atoms with van der Waals surface area (Å²) in [5, 5.41) is 8.92. The van der Waals surface area contributed by atoms with Crippen LogP contribution in [-0.4, -0.2) is 50.4 Å². The van der Waals surface area contributed by atoms with E-state index < -0.39 is 11.9 Å². The molecule has 0 atom stereocenters. The molecule has 0 heterocycles. The lowest BCUT2D eigenvalue weighted by atomic mass is 10.2. The van der Waals surface area contributed by atoms with Crippen molar-refractivity contribution in [2.75, 3.05) is 14.2 Å². The molecule has 4 aromatic carbocycles. The number of esters is 2. The molecular weight excluding hydrogens is 687 g/mol. The Hall–Kier alpha value is -5.72. The molecule has 0 fully saturated rings. The second kappa shape index (κ2) is 18.7. The first-order valence-electron chi connectivity index (χ1n) is 15.1. The van der Waals surface area contributed by atoms with Gasteiger partial charge in [0.25, 0.3) is 0 Å². The summed E-state index contributed by atoms with van der Waals surface area (Å²) in [7, 11) is 2.87. The first kappa shape index (κ1) is 37.1. The first-order valence-corrected chi connectivity index (χ1v) is 15.9. The van der Waals surface area contributed by atoms with Gasteiger partial charge in [-0.15, -0.1) is 0 Å². The average Bonchev–Trinajstić information content (AvgIpc) is 3.11. The highest BCUT2D eigenvalue weighted by Crippen LogP contribution is 2.30. The Kier molecular flexibility index (Phi) is 13.9. The average molecular weight is 720 g/mol. The van der Waals surface area contributed by atoms with Crippen molar-refractivity contribution in [2.24, 2.45) is 10.2 Å². The second-order valence-electron chi connectivity index (χ2n) is 10.4. The van der Waals surface area contributed by atoms with E-state index in [-0.39, 0.29) is 36.2 Å². The minimum Gasteiger partial charge on any atom is -0.493 e. The topological polar surface area (TPSA) is 154 Å². The van der Waals surface area contributed by atoms with Gasteiger partial charge in [-0.3, -0.25) is 9.59 Å². The quantitative estimate of drug-likeness (QED) is 0.0458. The fourth-order valence-corrected chi connectivity index (χ4v) is 4.48. The Balaban J connectivity index is 1.15. The summed E-state index contributed by atoms with van der Waals surface area (Å²) in [5.74, 6) is -0.749. The normalized spacial score (nSPS) is 10.9. The molecule has 0 unspecified atom stereocenters. The van der Waals surface area contributed by atoms with Crippen LogP contribution in [0.1, 0.15) is 57.5 Å². The number of halogens is 2. The molecule has 12 nitrogen and oxygen atoms in total. The van der Waals surface area contributed by atoms with Crippen LogP contribution < -0.4 is 29.8 Å². The van der Waals surface area contributed by atoms with Crippen molar-refractivity contribution in [3.05, 3.63) is 117 Å². The summed E-state index contributed by atoms with van der Waals surface area (Å²) in [6.07, 6.45) is 4.07. The van der Waals surface area contributed by atoms with Crippen molar-refractivity contribution < 1.29 is 38.1 Å². The SMILES string of the molecule is COc1cc(/C=N\NC(=O)CCCCC(=O)N/N=C\c2ccc(OC(=O)c3ccc(Cl)cc3)c(OC)c2)ccc1OC(=O)c1ccc(Cl)cc1. The van der Waals surface area contributed by atoms with Gasteiger partial charge in [-0.1, -0.05) is 23.2 Å². The van der Waals surface area contributed by atoms with Gasteiger partial charge in [-0.25, -0.2) is 20.4 Å². The molecule has 0 aliphatic carbocycles. The van der Waals surface area contributed by atoms with E-state index in [9.17, 15) is 19.2 Å². The number of carbonyl (C=O) groups is 4. The number of methoxy groups -OCH3 is 2. The maximum Gasteiger partial charge on any atom is 0.343 e. The van der Waals surface area contributed by atoms with Crippen molar-refractivity contribution >= 4 is 59.4 Å². The zero-order chi connectivity index (χ0) is 35.9. The van der Waals surface area contributed by atoms with Gasteiger partial charge in [0.2, 0.25) is 11.8 Å². The molecule has 0 saturated carbocycles. The number of hydrazone groups is 2. The van der Waals surface area contributed by atoms with Crippen LogP contribution in [0.4, 0.5) is 0 Å². The number of nitrogens with one attached hydrogen (secondary N) is 2.